The molecular weight excluding hydrogens is 183 g/mol. The van der Waals surface area contributed by atoms with E-state index in [2.05, 4.69) is 4.98 Å². The van der Waals surface area contributed by atoms with Crippen molar-refractivity contribution in [3.63, 3.8) is 0 Å². The zero-order valence-electron chi connectivity index (χ0n) is 7.86. The molecule has 1 fully saturated rings. The van der Waals surface area contributed by atoms with E-state index in [0.29, 0.717) is 31.6 Å². The van der Waals surface area contributed by atoms with E-state index < -0.39 is 0 Å². The van der Waals surface area contributed by atoms with Crippen molar-refractivity contribution in [3.8, 4) is 0 Å². The molecule has 1 aliphatic heterocycles. The third-order valence-electron chi connectivity index (χ3n) is 2.56. The smallest absolute Gasteiger partial charge is 0.164 e. The molecule has 76 valence electrons. The van der Waals surface area contributed by atoms with Gasteiger partial charge in [-0.2, -0.15) is 0 Å². The van der Waals surface area contributed by atoms with Crippen LogP contribution in [0.15, 0.2) is 18.5 Å². The molecule has 1 aliphatic rings. The van der Waals surface area contributed by atoms with E-state index in [1.165, 1.54) is 6.20 Å². The number of rotatable bonds is 1. The molecule has 1 aromatic heterocycles. The fraction of sp³-hybridized carbons (Fsp3) is 0.500. The number of halogens is 1. The Kier molecular flexibility index (Phi) is 2.63. The van der Waals surface area contributed by atoms with Gasteiger partial charge in [0.1, 0.15) is 0 Å². The molecule has 2 heterocycles. The van der Waals surface area contributed by atoms with Crippen molar-refractivity contribution in [2.24, 2.45) is 0 Å². The van der Waals surface area contributed by atoms with Crippen LogP contribution in [0.5, 0.6) is 0 Å². The van der Waals surface area contributed by atoms with Gasteiger partial charge in [0.25, 0.3) is 0 Å². The number of hydrogen-bond donors (Lipinski definition) is 1. The lowest BCUT2D eigenvalue weighted by molar-refractivity contribution is 0.145. The number of aromatic nitrogens is 1. The van der Waals surface area contributed by atoms with Gasteiger partial charge in [-0.1, -0.05) is 0 Å². The van der Waals surface area contributed by atoms with E-state index in [9.17, 15) is 9.50 Å². The van der Waals surface area contributed by atoms with Crippen molar-refractivity contribution in [2.45, 2.75) is 18.9 Å². The molecule has 0 spiro atoms. The van der Waals surface area contributed by atoms with E-state index in [1.807, 2.05) is 4.90 Å². The second-order valence-corrected chi connectivity index (χ2v) is 3.55. The van der Waals surface area contributed by atoms with E-state index in [1.54, 1.807) is 12.3 Å². The van der Waals surface area contributed by atoms with Crippen LogP contribution in [-0.4, -0.2) is 29.3 Å². The van der Waals surface area contributed by atoms with Gasteiger partial charge >= 0.3 is 0 Å². The summed E-state index contributed by atoms with van der Waals surface area (Å²) in [5, 5.41) is 9.31. The summed E-state index contributed by atoms with van der Waals surface area (Å²) in [6, 6.07) is 1.67. The molecule has 0 aliphatic carbocycles. The van der Waals surface area contributed by atoms with Gasteiger partial charge in [0.2, 0.25) is 0 Å². The number of aliphatic hydroxyl groups excluding tert-OH is 1. The minimum atomic E-state index is -0.288. The highest BCUT2D eigenvalue weighted by Gasteiger charge is 2.19. The number of piperidine rings is 1. The Hall–Kier alpha value is -1.16. The van der Waals surface area contributed by atoms with Crippen LogP contribution in [0.3, 0.4) is 0 Å². The SMILES string of the molecule is OC1CCN(c2ccncc2F)CC1. The monoisotopic (exact) mass is 196 g/mol. The van der Waals surface area contributed by atoms with Gasteiger partial charge in [-0.15, -0.1) is 0 Å². The molecule has 1 saturated heterocycles. The first-order valence-electron chi connectivity index (χ1n) is 4.80. The molecule has 14 heavy (non-hydrogen) atoms. The van der Waals surface area contributed by atoms with E-state index >= 15 is 0 Å². The maximum atomic E-state index is 13.3. The van der Waals surface area contributed by atoms with Crippen molar-refractivity contribution in [1.29, 1.82) is 0 Å². The highest BCUT2D eigenvalue weighted by molar-refractivity contribution is 5.46. The van der Waals surface area contributed by atoms with Crippen LogP contribution in [0.2, 0.25) is 0 Å². The summed E-state index contributed by atoms with van der Waals surface area (Å²) in [5.74, 6) is -0.288. The number of hydrogen-bond acceptors (Lipinski definition) is 3. The maximum absolute atomic E-state index is 13.3. The highest BCUT2D eigenvalue weighted by Crippen LogP contribution is 2.21. The summed E-state index contributed by atoms with van der Waals surface area (Å²) in [6.45, 7) is 1.42. The molecule has 0 atom stereocenters. The predicted molar refractivity (Wildman–Crippen MR) is 51.6 cm³/mol. The summed E-state index contributed by atoms with van der Waals surface area (Å²) in [7, 11) is 0. The fourth-order valence-electron chi connectivity index (χ4n) is 1.73. The lowest BCUT2D eigenvalue weighted by Gasteiger charge is -2.31. The third kappa shape index (κ3) is 1.85. The quantitative estimate of drug-likeness (QED) is 0.732. The van der Waals surface area contributed by atoms with Crippen LogP contribution in [0, 0.1) is 5.82 Å². The average molecular weight is 196 g/mol. The fourth-order valence-corrected chi connectivity index (χ4v) is 1.73. The van der Waals surface area contributed by atoms with Gasteiger partial charge in [-0.3, -0.25) is 4.98 Å². The van der Waals surface area contributed by atoms with Crippen LogP contribution in [0.25, 0.3) is 0 Å². The summed E-state index contributed by atoms with van der Waals surface area (Å²) < 4.78 is 13.3. The van der Waals surface area contributed by atoms with E-state index in [0.717, 1.165) is 0 Å². The van der Waals surface area contributed by atoms with E-state index in [4.69, 9.17) is 0 Å². The Labute approximate surface area is 82.2 Å². The lowest BCUT2D eigenvalue weighted by atomic mass is 10.1. The van der Waals surface area contributed by atoms with Gasteiger partial charge in [0.05, 0.1) is 18.0 Å². The summed E-state index contributed by atoms with van der Waals surface area (Å²) in [4.78, 5) is 5.65. The second-order valence-electron chi connectivity index (χ2n) is 3.55. The molecular formula is C10H13FN2O. The van der Waals surface area contributed by atoms with Gasteiger partial charge in [0, 0.05) is 19.3 Å². The maximum Gasteiger partial charge on any atom is 0.164 e. The minimum absolute atomic E-state index is 0.226. The molecule has 4 heteroatoms. The van der Waals surface area contributed by atoms with Crippen LogP contribution in [-0.2, 0) is 0 Å². The number of aliphatic hydroxyl groups is 1. The Balaban J connectivity index is 2.12. The zero-order valence-corrected chi connectivity index (χ0v) is 7.86. The highest BCUT2D eigenvalue weighted by atomic mass is 19.1. The summed E-state index contributed by atoms with van der Waals surface area (Å²) in [5.41, 5.74) is 0.590. The largest absolute Gasteiger partial charge is 0.393 e. The molecule has 0 radical (unpaired) electrons. The molecule has 0 amide bonds. The van der Waals surface area contributed by atoms with E-state index in [-0.39, 0.29) is 11.9 Å². The Morgan fingerprint density at radius 3 is 2.79 bits per heavy atom. The van der Waals surface area contributed by atoms with Crippen molar-refractivity contribution in [2.75, 3.05) is 18.0 Å². The molecule has 1 aromatic rings. The third-order valence-corrected chi connectivity index (χ3v) is 2.56. The number of anilines is 1. The molecule has 0 saturated carbocycles. The first-order chi connectivity index (χ1) is 6.77. The topological polar surface area (TPSA) is 36.4 Å². The summed E-state index contributed by atoms with van der Waals surface area (Å²) in [6.07, 6.45) is 4.00. The van der Waals surface area contributed by atoms with Crippen molar-refractivity contribution < 1.29 is 9.50 Å². The predicted octanol–water partition coefficient (Wildman–Crippen LogP) is 1.18. The average Bonchev–Trinajstić information content (AvgIpc) is 2.20. The molecule has 2 rings (SSSR count). The first-order valence-corrected chi connectivity index (χ1v) is 4.80. The molecule has 0 unspecified atom stereocenters. The Bertz CT molecular complexity index is 311. The standard InChI is InChI=1S/C10H13FN2O/c11-9-7-12-4-1-10(9)13-5-2-8(14)3-6-13/h1,4,7-8,14H,2-3,5-6H2. The second kappa shape index (κ2) is 3.92. The summed E-state index contributed by atoms with van der Waals surface area (Å²) >= 11 is 0. The van der Waals surface area contributed by atoms with Crippen LogP contribution >= 0.6 is 0 Å². The van der Waals surface area contributed by atoms with Crippen LogP contribution in [0.4, 0.5) is 10.1 Å². The van der Waals surface area contributed by atoms with Crippen LogP contribution < -0.4 is 4.90 Å². The van der Waals surface area contributed by atoms with Gasteiger partial charge in [-0.05, 0) is 18.9 Å². The normalized spacial score (nSPS) is 18.6. The van der Waals surface area contributed by atoms with Crippen LogP contribution in [0.1, 0.15) is 12.8 Å². The molecule has 3 nitrogen and oxygen atoms in total. The zero-order chi connectivity index (χ0) is 9.97. The van der Waals surface area contributed by atoms with Crippen molar-refractivity contribution in [1.82, 2.24) is 4.98 Å². The Morgan fingerprint density at radius 2 is 2.14 bits per heavy atom. The first kappa shape index (κ1) is 9.40. The van der Waals surface area contributed by atoms with Gasteiger partial charge in [-0.25, -0.2) is 4.39 Å². The van der Waals surface area contributed by atoms with Gasteiger partial charge < -0.3 is 10.0 Å². The lowest BCUT2D eigenvalue weighted by Crippen LogP contribution is -2.36. The Morgan fingerprint density at radius 1 is 1.43 bits per heavy atom. The molecule has 0 bridgehead atoms. The van der Waals surface area contributed by atoms with Gasteiger partial charge in [0.15, 0.2) is 5.82 Å². The minimum Gasteiger partial charge on any atom is -0.393 e. The van der Waals surface area contributed by atoms with Crippen molar-refractivity contribution in [3.05, 3.63) is 24.3 Å². The van der Waals surface area contributed by atoms with Crippen molar-refractivity contribution >= 4 is 5.69 Å². The molecule has 0 aromatic carbocycles. The number of pyridine rings is 1. The molecule has 1 N–H and O–H groups in total. The number of nitrogens with zero attached hydrogens (tertiary/aromatic N) is 2.